The van der Waals surface area contributed by atoms with Gasteiger partial charge in [0, 0.05) is 56.6 Å². The van der Waals surface area contributed by atoms with Gasteiger partial charge in [-0.05, 0) is 43.8 Å². The third-order valence-corrected chi connectivity index (χ3v) is 5.84. The summed E-state index contributed by atoms with van der Waals surface area (Å²) in [6.07, 6.45) is 0.237. The average Bonchev–Trinajstić information content (AvgIpc) is 3.20. The Kier molecular flexibility index (Phi) is 6.66. The van der Waals surface area contributed by atoms with E-state index in [1.54, 1.807) is 24.3 Å². The highest BCUT2D eigenvalue weighted by atomic mass is 19.1. The van der Waals surface area contributed by atoms with Crippen LogP contribution in [0, 0.1) is 11.6 Å². The van der Waals surface area contributed by atoms with Gasteiger partial charge in [0.2, 0.25) is 0 Å². The molecule has 1 fully saturated rings. The molecule has 2 aliphatic rings. The van der Waals surface area contributed by atoms with E-state index < -0.39 is 23.4 Å². The van der Waals surface area contributed by atoms with Crippen molar-refractivity contribution in [2.45, 2.75) is 6.42 Å². The first-order valence-electron chi connectivity index (χ1n) is 10.7. The van der Waals surface area contributed by atoms with Gasteiger partial charge in [-0.3, -0.25) is 14.5 Å². The highest BCUT2D eigenvalue weighted by Gasteiger charge is 2.31. The molecular formula is C23H26F2N4O3. The van der Waals surface area contributed by atoms with Crippen LogP contribution in [0.25, 0.3) is 0 Å². The predicted octanol–water partition coefficient (Wildman–Crippen LogP) is 2.12. The fourth-order valence-electron chi connectivity index (χ4n) is 3.94. The van der Waals surface area contributed by atoms with Crippen LogP contribution in [0.1, 0.15) is 5.56 Å². The van der Waals surface area contributed by atoms with Crippen LogP contribution in [-0.2, 0) is 16.0 Å². The summed E-state index contributed by atoms with van der Waals surface area (Å²) in [5.41, 5.74) is 0.775. The molecule has 0 spiro atoms. The van der Waals surface area contributed by atoms with E-state index in [2.05, 4.69) is 22.2 Å². The Morgan fingerprint density at radius 1 is 1.03 bits per heavy atom. The Labute approximate surface area is 185 Å². The van der Waals surface area contributed by atoms with Gasteiger partial charge in [0.15, 0.2) is 0 Å². The van der Waals surface area contributed by atoms with Crippen molar-refractivity contribution in [3.05, 3.63) is 53.6 Å². The first-order valence-corrected chi connectivity index (χ1v) is 10.7. The average molecular weight is 444 g/mol. The van der Waals surface area contributed by atoms with Crippen LogP contribution in [-0.4, -0.2) is 74.5 Å². The summed E-state index contributed by atoms with van der Waals surface area (Å²) in [6, 6.07) is 8.59. The number of benzene rings is 2. The molecule has 32 heavy (non-hydrogen) atoms. The molecule has 0 atom stereocenters. The Bertz CT molecular complexity index is 991. The van der Waals surface area contributed by atoms with Crippen molar-refractivity contribution in [1.82, 2.24) is 9.80 Å². The summed E-state index contributed by atoms with van der Waals surface area (Å²) in [6.45, 7) is 5.70. The maximum absolute atomic E-state index is 13.9. The minimum atomic E-state index is -0.869. The second-order valence-electron chi connectivity index (χ2n) is 8.06. The lowest BCUT2D eigenvalue weighted by atomic mass is 10.1. The molecule has 2 heterocycles. The minimum Gasteiger partial charge on any atom is -0.492 e. The molecule has 0 aromatic heterocycles. The number of anilines is 2. The van der Waals surface area contributed by atoms with Crippen LogP contribution >= 0.6 is 0 Å². The molecule has 170 valence electrons. The van der Waals surface area contributed by atoms with Gasteiger partial charge in [0.05, 0.1) is 5.69 Å². The van der Waals surface area contributed by atoms with Crippen LogP contribution in [0.2, 0.25) is 0 Å². The number of piperazine rings is 1. The summed E-state index contributed by atoms with van der Waals surface area (Å²) in [5, 5.41) is 2.53. The highest BCUT2D eigenvalue weighted by Crippen LogP contribution is 2.31. The lowest BCUT2D eigenvalue weighted by Gasteiger charge is -2.32. The van der Waals surface area contributed by atoms with Gasteiger partial charge in [-0.1, -0.05) is 0 Å². The van der Waals surface area contributed by atoms with Crippen molar-refractivity contribution in [2.24, 2.45) is 0 Å². The quantitative estimate of drug-likeness (QED) is 0.716. The van der Waals surface area contributed by atoms with E-state index in [-0.39, 0.29) is 24.2 Å². The number of carbonyl (C=O) groups excluding carboxylic acids is 2. The van der Waals surface area contributed by atoms with E-state index >= 15 is 0 Å². The summed E-state index contributed by atoms with van der Waals surface area (Å²) < 4.78 is 33.2. The maximum atomic E-state index is 13.9. The highest BCUT2D eigenvalue weighted by molar-refractivity contribution is 6.44. The van der Waals surface area contributed by atoms with E-state index in [9.17, 15) is 18.4 Å². The van der Waals surface area contributed by atoms with Crippen molar-refractivity contribution in [3.63, 3.8) is 0 Å². The molecule has 9 heteroatoms. The number of fused-ring (bicyclic) bond motifs is 1. The van der Waals surface area contributed by atoms with Crippen molar-refractivity contribution < 1.29 is 23.1 Å². The van der Waals surface area contributed by atoms with Gasteiger partial charge in [0.1, 0.15) is 24.0 Å². The lowest BCUT2D eigenvalue weighted by Crippen LogP contribution is -2.45. The molecular weight excluding hydrogens is 418 g/mol. The Balaban J connectivity index is 1.28. The van der Waals surface area contributed by atoms with Crippen molar-refractivity contribution in [3.8, 4) is 5.75 Å². The first kappa shape index (κ1) is 22.2. The van der Waals surface area contributed by atoms with Crippen LogP contribution in [0.5, 0.6) is 5.75 Å². The number of likely N-dealkylation sites (N-methyl/N-ethyl adjacent to an activating group) is 1. The van der Waals surface area contributed by atoms with Gasteiger partial charge in [-0.15, -0.1) is 0 Å². The van der Waals surface area contributed by atoms with Crippen molar-refractivity contribution >= 4 is 23.2 Å². The number of hydrogen-bond acceptors (Lipinski definition) is 5. The zero-order valence-electron chi connectivity index (χ0n) is 17.9. The molecule has 0 bridgehead atoms. The van der Waals surface area contributed by atoms with E-state index in [0.717, 1.165) is 49.8 Å². The third-order valence-electron chi connectivity index (χ3n) is 5.84. The molecule has 0 unspecified atom stereocenters. The first-order chi connectivity index (χ1) is 15.4. The minimum absolute atomic E-state index is 0.103. The van der Waals surface area contributed by atoms with Gasteiger partial charge >= 0.3 is 11.8 Å². The Morgan fingerprint density at radius 3 is 2.47 bits per heavy atom. The molecule has 2 aromatic rings. The summed E-state index contributed by atoms with van der Waals surface area (Å²) in [4.78, 5) is 30.7. The summed E-state index contributed by atoms with van der Waals surface area (Å²) in [7, 11) is 2.12. The molecule has 0 radical (unpaired) electrons. The fourth-order valence-corrected chi connectivity index (χ4v) is 3.94. The number of rotatable bonds is 5. The number of ether oxygens (including phenoxy) is 1. The van der Waals surface area contributed by atoms with Crippen molar-refractivity contribution in [2.75, 3.05) is 63.1 Å². The number of carbonyl (C=O) groups is 2. The maximum Gasteiger partial charge on any atom is 0.316 e. The summed E-state index contributed by atoms with van der Waals surface area (Å²) >= 11 is 0. The van der Waals surface area contributed by atoms with Crippen LogP contribution in [0.3, 0.4) is 0 Å². The number of nitrogens with zero attached hydrogens (tertiary/aromatic N) is 3. The Morgan fingerprint density at radius 2 is 1.75 bits per heavy atom. The number of hydrogen-bond donors (Lipinski definition) is 1. The second-order valence-corrected chi connectivity index (χ2v) is 8.06. The molecule has 2 aliphatic heterocycles. The van der Waals surface area contributed by atoms with E-state index in [1.807, 2.05) is 0 Å². The third kappa shape index (κ3) is 5.05. The molecule has 0 saturated carbocycles. The molecule has 1 N–H and O–H groups in total. The van der Waals surface area contributed by atoms with E-state index in [4.69, 9.17) is 4.74 Å². The van der Waals surface area contributed by atoms with Crippen LogP contribution in [0.4, 0.5) is 20.2 Å². The molecule has 0 aliphatic carbocycles. The monoisotopic (exact) mass is 444 g/mol. The second kappa shape index (κ2) is 9.62. The summed E-state index contributed by atoms with van der Waals surface area (Å²) in [5.74, 6) is -2.56. The predicted molar refractivity (Wildman–Crippen MR) is 117 cm³/mol. The normalized spacial score (nSPS) is 16.7. The van der Waals surface area contributed by atoms with Gasteiger partial charge in [-0.25, -0.2) is 8.78 Å². The van der Waals surface area contributed by atoms with Gasteiger partial charge in [0.25, 0.3) is 0 Å². The SMILES string of the molecule is CN1CCN(CCOc2ccc(NC(=O)C(=O)N3CCc4c(F)cc(F)cc43)cc2)CC1. The van der Waals surface area contributed by atoms with Gasteiger partial charge < -0.3 is 19.9 Å². The largest absolute Gasteiger partial charge is 0.492 e. The zero-order chi connectivity index (χ0) is 22.7. The standard InChI is InChI=1S/C23H26F2N4O3/c1-27-8-10-28(11-9-27)12-13-32-18-4-2-17(3-5-18)26-22(30)23(31)29-7-6-19-20(25)14-16(24)15-21(19)29/h2-5,14-15H,6-13H2,1H3,(H,26,30). The topological polar surface area (TPSA) is 65.1 Å². The number of halogens is 2. The molecule has 1 saturated heterocycles. The zero-order valence-corrected chi connectivity index (χ0v) is 17.9. The van der Waals surface area contributed by atoms with E-state index in [0.29, 0.717) is 18.0 Å². The molecule has 2 aromatic carbocycles. The van der Waals surface area contributed by atoms with Crippen molar-refractivity contribution in [1.29, 1.82) is 0 Å². The molecule has 7 nitrogen and oxygen atoms in total. The number of nitrogens with one attached hydrogen (secondary N) is 1. The van der Waals surface area contributed by atoms with Crippen LogP contribution < -0.4 is 15.0 Å². The molecule has 4 rings (SSSR count). The fraction of sp³-hybridized carbons (Fsp3) is 0.391. The lowest BCUT2D eigenvalue weighted by molar-refractivity contribution is -0.134. The van der Waals surface area contributed by atoms with E-state index in [1.165, 1.54) is 0 Å². The van der Waals surface area contributed by atoms with Gasteiger partial charge in [-0.2, -0.15) is 0 Å². The molecule has 2 amide bonds. The number of amides is 2. The Hall–Kier alpha value is -3.04. The smallest absolute Gasteiger partial charge is 0.316 e. The van der Waals surface area contributed by atoms with Crippen LogP contribution in [0.15, 0.2) is 36.4 Å².